The second-order valence-electron chi connectivity index (χ2n) is 11.7. The van der Waals surface area contributed by atoms with Gasteiger partial charge in [-0.05, 0) is 85.4 Å². The van der Waals surface area contributed by atoms with Crippen LogP contribution in [-0.4, -0.2) is 31.4 Å². The zero-order chi connectivity index (χ0) is 26.5. The fraction of sp³-hybridized carbons (Fsp3) is 0.500. The van der Waals surface area contributed by atoms with Gasteiger partial charge in [0.05, 0.1) is 28.2 Å². The summed E-state index contributed by atoms with van der Waals surface area (Å²) in [5, 5.41) is 4.32. The molecule has 0 radical (unpaired) electrons. The first-order valence-electron chi connectivity index (χ1n) is 13.5. The monoisotopic (exact) mass is 502 g/mol. The summed E-state index contributed by atoms with van der Waals surface area (Å²) in [4.78, 5) is 15.7. The molecule has 2 aromatic carbocycles. The Balaban J connectivity index is 1.53. The smallest absolute Gasteiger partial charge is 0.440 e. The van der Waals surface area contributed by atoms with E-state index in [1.807, 2.05) is 44.2 Å². The molecule has 0 saturated carbocycles. The van der Waals surface area contributed by atoms with Crippen molar-refractivity contribution in [3.05, 3.63) is 63.3 Å². The lowest BCUT2D eigenvalue weighted by Gasteiger charge is -2.32. The normalized spacial score (nSPS) is 19.9. The Hall–Kier alpha value is -2.77. The number of benzene rings is 2. The maximum atomic E-state index is 13.5. The summed E-state index contributed by atoms with van der Waals surface area (Å²) in [5.74, 6) is 0.715. The van der Waals surface area contributed by atoms with E-state index in [-0.39, 0.29) is 11.5 Å². The van der Waals surface area contributed by atoms with Crippen LogP contribution in [0.5, 0.6) is 0 Å². The van der Waals surface area contributed by atoms with Gasteiger partial charge in [-0.3, -0.25) is 4.79 Å². The topological polar surface area (TPSA) is 63.9 Å². The zero-order valence-electron chi connectivity index (χ0n) is 23.2. The molecule has 37 heavy (non-hydrogen) atoms. The molecule has 3 heterocycles. The third-order valence-corrected chi connectivity index (χ3v) is 8.32. The molecule has 0 aliphatic carbocycles. The van der Waals surface area contributed by atoms with Crippen LogP contribution in [-0.2, 0) is 9.31 Å². The number of fused-ring (bicyclic) bond motifs is 1. The first kappa shape index (κ1) is 25.9. The van der Waals surface area contributed by atoms with Crippen molar-refractivity contribution in [2.45, 2.75) is 85.0 Å². The van der Waals surface area contributed by atoms with Crippen LogP contribution in [0.15, 0.2) is 45.6 Å². The lowest BCUT2D eigenvalue weighted by Crippen LogP contribution is -2.41. The van der Waals surface area contributed by atoms with E-state index in [9.17, 15) is 4.79 Å². The van der Waals surface area contributed by atoms with Crippen molar-refractivity contribution in [2.24, 2.45) is 0 Å². The largest absolute Gasteiger partial charge is 0.496 e. The number of nitrogens with one attached hydrogen (secondary N) is 1. The highest BCUT2D eigenvalue weighted by molar-refractivity contribution is 6.64. The predicted octanol–water partition coefficient (Wildman–Crippen LogP) is 5.87. The molecule has 1 N–H and O–H groups in total. The third-order valence-electron chi connectivity index (χ3n) is 8.32. The van der Waals surface area contributed by atoms with E-state index in [0.29, 0.717) is 22.4 Å². The van der Waals surface area contributed by atoms with Gasteiger partial charge in [-0.1, -0.05) is 24.3 Å². The van der Waals surface area contributed by atoms with E-state index >= 15 is 0 Å². The second kappa shape index (κ2) is 9.52. The highest BCUT2D eigenvalue weighted by Crippen LogP contribution is 2.37. The molecule has 7 heteroatoms. The molecule has 1 unspecified atom stereocenters. The van der Waals surface area contributed by atoms with Gasteiger partial charge >= 0.3 is 7.12 Å². The minimum atomic E-state index is -0.471. The lowest BCUT2D eigenvalue weighted by molar-refractivity contribution is 0.00578. The first-order chi connectivity index (χ1) is 17.5. The molecule has 6 nitrogen and oxygen atoms in total. The molecule has 2 aliphatic rings. The number of nitrogens with zero attached hydrogens (tertiary/aromatic N) is 1. The number of piperidine rings is 1. The minimum Gasteiger partial charge on any atom is -0.440 e. The third kappa shape index (κ3) is 4.68. The molecule has 0 amide bonds. The second-order valence-corrected chi connectivity index (χ2v) is 11.7. The number of rotatable bonds is 5. The molecule has 1 aromatic heterocycles. The van der Waals surface area contributed by atoms with E-state index in [0.717, 1.165) is 48.2 Å². The molecule has 5 rings (SSSR count). The quantitative estimate of drug-likeness (QED) is 0.440. The summed E-state index contributed by atoms with van der Waals surface area (Å²) in [7, 11) is -0.471. The van der Waals surface area contributed by atoms with E-state index in [1.165, 1.54) is 6.42 Å². The molecular formula is C30H39BN2O4. The molecule has 0 bridgehead atoms. The number of anilines is 2. The van der Waals surface area contributed by atoms with Gasteiger partial charge in [0.25, 0.3) is 0 Å². The van der Waals surface area contributed by atoms with Crippen molar-refractivity contribution in [1.29, 1.82) is 0 Å². The maximum absolute atomic E-state index is 13.5. The van der Waals surface area contributed by atoms with Gasteiger partial charge < -0.3 is 23.9 Å². The van der Waals surface area contributed by atoms with Gasteiger partial charge in [-0.25, -0.2) is 0 Å². The zero-order valence-corrected chi connectivity index (χ0v) is 23.2. The summed E-state index contributed by atoms with van der Waals surface area (Å²) in [6.07, 6.45) is 3.46. The minimum absolute atomic E-state index is 0.0524. The lowest BCUT2D eigenvalue weighted by atomic mass is 9.77. The van der Waals surface area contributed by atoms with Crippen molar-refractivity contribution >= 4 is 35.1 Å². The van der Waals surface area contributed by atoms with Crippen molar-refractivity contribution in [2.75, 3.05) is 23.3 Å². The molecule has 196 valence electrons. The Bertz CT molecular complexity index is 1360. The molecule has 2 aliphatic heterocycles. The standard InChI is InChI=1S/C30H39BN2O4/c1-19-17-22(27-23(18-19)26(34)20(2)28(35-27)33-15-11-8-12-16-33)21(3)32-25-14-10-9-13-24(25)31-36-29(4,5)30(6,7)37-31/h9-10,13-14,17-18,21,32H,8,11-12,15-16H2,1-7H3. The van der Waals surface area contributed by atoms with Crippen LogP contribution < -0.4 is 21.1 Å². The SMILES string of the molecule is Cc1cc(C(C)Nc2ccccc2B2OC(C)(C)C(C)(C)O2)c2oc(N3CCCCC3)c(C)c(=O)c2c1. The summed E-state index contributed by atoms with van der Waals surface area (Å²) in [5.41, 5.74) is 4.46. The molecule has 1 atom stereocenters. The van der Waals surface area contributed by atoms with Crippen molar-refractivity contribution in [3.63, 3.8) is 0 Å². The fourth-order valence-electron chi connectivity index (χ4n) is 5.39. The Kier molecular flexibility index (Phi) is 6.65. The van der Waals surface area contributed by atoms with Crippen LogP contribution in [0.25, 0.3) is 11.0 Å². The Labute approximate surface area is 220 Å². The van der Waals surface area contributed by atoms with Crippen LogP contribution in [0.3, 0.4) is 0 Å². The van der Waals surface area contributed by atoms with E-state index in [1.54, 1.807) is 0 Å². The summed E-state index contributed by atoms with van der Waals surface area (Å²) in [6, 6.07) is 12.1. The first-order valence-corrected chi connectivity index (χ1v) is 13.5. The van der Waals surface area contributed by atoms with Crippen molar-refractivity contribution < 1.29 is 13.7 Å². The average molecular weight is 502 g/mol. The van der Waals surface area contributed by atoms with Crippen LogP contribution in [0.4, 0.5) is 11.6 Å². The van der Waals surface area contributed by atoms with Gasteiger partial charge in [0.15, 0.2) is 5.43 Å². The van der Waals surface area contributed by atoms with Crippen LogP contribution in [0.1, 0.15) is 76.6 Å². The highest BCUT2D eigenvalue weighted by atomic mass is 16.7. The van der Waals surface area contributed by atoms with Gasteiger partial charge in [0.1, 0.15) is 5.58 Å². The summed E-state index contributed by atoms with van der Waals surface area (Å²) >= 11 is 0. The molecule has 2 fully saturated rings. The Morgan fingerprint density at radius 3 is 2.30 bits per heavy atom. The van der Waals surface area contributed by atoms with Crippen molar-refractivity contribution in [1.82, 2.24) is 0 Å². The van der Waals surface area contributed by atoms with Gasteiger partial charge in [-0.2, -0.15) is 0 Å². The van der Waals surface area contributed by atoms with Gasteiger partial charge in [0.2, 0.25) is 5.88 Å². The van der Waals surface area contributed by atoms with Gasteiger partial charge in [0, 0.05) is 29.8 Å². The number of hydrogen-bond acceptors (Lipinski definition) is 6. The van der Waals surface area contributed by atoms with Crippen LogP contribution in [0, 0.1) is 13.8 Å². The number of para-hydroxylation sites is 1. The molecule has 0 spiro atoms. The van der Waals surface area contributed by atoms with E-state index < -0.39 is 18.3 Å². The summed E-state index contributed by atoms with van der Waals surface area (Å²) in [6.45, 7) is 16.1. The van der Waals surface area contributed by atoms with Crippen LogP contribution >= 0.6 is 0 Å². The Morgan fingerprint density at radius 2 is 1.62 bits per heavy atom. The van der Waals surface area contributed by atoms with E-state index in [2.05, 4.69) is 50.9 Å². The number of aryl methyl sites for hydroxylation is 1. The Morgan fingerprint density at radius 1 is 0.973 bits per heavy atom. The fourth-order valence-corrected chi connectivity index (χ4v) is 5.39. The van der Waals surface area contributed by atoms with Gasteiger partial charge in [-0.15, -0.1) is 0 Å². The maximum Gasteiger partial charge on any atom is 0.496 e. The molecule has 3 aromatic rings. The van der Waals surface area contributed by atoms with Crippen molar-refractivity contribution in [3.8, 4) is 0 Å². The van der Waals surface area contributed by atoms with Crippen LogP contribution in [0.2, 0.25) is 0 Å². The predicted molar refractivity (Wildman–Crippen MR) is 152 cm³/mol. The number of hydrogen-bond donors (Lipinski definition) is 1. The average Bonchev–Trinajstić information content (AvgIpc) is 3.08. The summed E-state index contributed by atoms with van der Waals surface area (Å²) < 4.78 is 19.3. The van der Waals surface area contributed by atoms with E-state index in [4.69, 9.17) is 13.7 Å². The molecular weight excluding hydrogens is 463 g/mol. The highest BCUT2D eigenvalue weighted by Gasteiger charge is 2.52. The molecule has 2 saturated heterocycles.